The second kappa shape index (κ2) is 7.80. The summed E-state index contributed by atoms with van der Waals surface area (Å²) in [6, 6.07) is 30.1. The Kier molecular flexibility index (Phi) is 5.29. The average Bonchev–Trinajstić information content (AvgIpc) is 2.63. The van der Waals surface area contributed by atoms with Crippen LogP contribution in [0.2, 0.25) is 0 Å². The lowest BCUT2D eigenvalue weighted by Crippen LogP contribution is -2.23. The van der Waals surface area contributed by atoms with Crippen LogP contribution in [0, 0.1) is 0 Å². The summed E-state index contributed by atoms with van der Waals surface area (Å²) >= 11 is 0. The lowest BCUT2D eigenvalue weighted by molar-refractivity contribution is 0.523. The molecule has 3 rings (SSSR count). The Labute approximate surface area is 145 Å². The van der Waals surface area contributed by atoms with Crippen molar-refractivity contribution in [3.05, 3.63) is 96.1 Å². The van der Waals surface area contributed by atoms with Crippen molar-refractivity contribution in [1.29, 1.82) is 0 Å². The van der Waals surface area contributed by atoms with Crippen molar-refractivity contribution in [2.24, 2.45) is 0 Å². The second-order valence-corrected chi connectivity index (χ2v) is 6.24. The Morgan fingerprint density at radius 3 is 1.50 bits per heavy atom. The molecule has 0 heterocycles. The molecular formula is C22H24N2+. The first kappa shape index (κ1) is 16.3. The average molecular weight is 316 g/mol. The Bertz CT molecular complexity index is 692. The summed E-state index contributed by atoms with van der Waals surface area (Å²) < 4.78 is 0. The number of hydrogen-bond acceptors (Lipinski definition) is 2. The van der Waals surface area contributed by atoms with Gasteiger partial charge in [-0.15, -0.1) is 4.90 Å². The summed E-state index contributed by atoms with van der Waals surface area (Å²) in [5, 5.41) is 0. The predicted molar refractivity (Wildman–Crippen MR) is 103 cm³/mol. The first-order chi connectivity index (χ1) is 11.7. The van der Waals surface area contributed by atoms with E-state index in [4.69, 9.17) is 0 Å². The van der Waals surface area contributed by atoms with Crippen molar-refractivity contribution in [1.82, 2.24) is 4.90 Å². The van der Waals surface area contributed by atoms with Gasteiger partial charge in [0.2, 0.25) is 0 Å². The van der Waals surface area contributed by atoms with Crippen LogP contribution in [0.15, 0.2) is 84.9 Å². The van der Waals surface area contributed by atoms with Gasteiger partial charge >= 0.3 is 0 Å². The van der Waals surface area contributed by atoms with Gasteiger partial charge in [0.15, 0.2) is 18.8 Å². The molecule has 1 radical (unpaired) electrons. The van der Waals surface area contributed by atoms with E-state index in [0.717, 1.165) is 13.1 Å². The Morgan fingerprint density at radius 1 is 0.625 bits per heavy atom. The first-order valence-electron chi connectivity index (χ1n) is 8.32. The van der Waals surface area contributed by atoms with E-state index in [1.165, 1.54) is 22.5 Å². The minimum Gasteiger partial charge on any atom is -0.378 e. The van der Waals surface area contributed by atoms with Crippen molar-refractivity contribution in [3.63, 3.8) is 0 Å². The third-order valence-electron chi connectivity index (χ3n) is 4.16. The standard InChI is InChI=1S/C22H24N2/c1-23(2)21-13-15-22(16-14-21)24(17-19-9-5-3-6-10-19)18-20-11-7-4-8-12-20/h3-16H,17-18H2,1-2H3/q+1. The van der Waals surface area contributed by atoms with Gasteiger partial charge in [-0.25, -0.2) is 0 Å². The molecular weight excluding hydrogens is 292 g/mol. The maximum absolute atomic E-state index is 2.42. The van der Waals surface area contributed by atoms with Crippen molar-refractivity contribution < 1.29 is 0 Å². The predicted octanol–water partition coefficient (Wildman–Crippen LogP) is 4.92. The molecule has 0 unspecified atom stereocenters. The molecule has 0 spiro atoms. The summed E-state index contributed by atoms with van der Waals surface area (Å²) in [4.78, 5) is 4.55. The van der Waals surface area contributed by atoms with E-state index < -0.39 is 0 Å². The van der Waals surface area contributed by atoms with Crippen LogP contribution in [0.3, 0.4) is 0 Å². The van der Waals surface area contributed by atoms with Crippen molar-refractivity contribution in [2.45, 2.75) is 13.1 Å². The lowest BCUT2D eigenvalue weighted by Gasteiger charge is -2.15. The molecule has 0 bridgehead atoms. The van der Waals surface area contributed by atoms with Crippen LogP contribution in [-0.4, -0.2) is 14.1 Å². The van der Waals surface area contributed by atoms with Crippen molar-refractivity contribution in [2.75, 3.05) is 19.0 Å². The van der Waals surface area contributed by atoms with E-state index in [0.29, 0.717) is 0 Å². The van der Waals surface area contributed by atoms with E-state index in [1.54, 1.807) is 0 Å². The number of anilines is 2. The van der Waals surface area contributed by atoms with E-state index in [-0.39, 0.29) is 0 Å². The third-order valence-corrected chi connectivity index (χ3v) is 4.16. The fourth-order valence-electron chi connectivity index (χ4n) is 2.81. The molecule has 0 atom stereocenters. The Hall–Kier alpha value is -2.58. The van der Waals surface area contributed by atoms with Gasteiger partial charge in [0.1, 0.15) is 0 Å². The van der Waals surface area contributed by atoms with Crippen LogP contribution in [0.25, 0.3) is 0 Å². The molecule has 0 aromatic heterocycles. The molecule has 0 amide bonds. The number of nitrogens with zero attached hydrogens (tertiary/aromatic N) is 2. The van der Waals surface area contributed by atoms with Gasteiger partial charge in [0.05, 0.1) is 0 Å². The maximum Gasteiger partial charge on any atom is 0.181 e. The van der Waals surface area contributed by atoms with E-state index in [2.05, 4.69) is 109 Å². The Morgan fingerprint density at radius 2 is 1.08 bits per heavy atom. The molecule has 0 aliphatic heterocycles. The summed E-state index contributed by atoms with van der Waals surface area (Å²) in [6.07, 6.45) is 0. The normalized spacial score (nSPS) is 10.8. The molecule has 0 saturated carbocycles. The topological polar surface area (TPSA) is 9.14 Å². The van der Waals surface area contributed by atoms with Crippen LogP contribution < -0.4 is 9.80 Å². The van der Waals surface area contributed by atoms with Gasteiger partial charge in [-0.05, 0) is 12.1 Å². The molecule has 3 aromatic rings. The van der Waals surface area contributed by atoms with E-state index in [9.17, 15) is 0 Å². The molecule has 0 aliphatic carbocycles. The molecule has 24 heavy (non-hydrogen) atoms. The van der Waals surface area contributed by atoms with Crippen LogP contribution in [0.1, 0.15) is 11.1 Å². The van der Waals surface area contributed by atoms with E-state index >= 15 is 0 Å². The molecule has 2 nitrogen and oxygen atoms in total. The minimum absolute atomic E-state index is 0.900. The lowest BCUT2D eigenvalue weighted by atomic mass is 10.1. The van der Waals surface area contributed by atoms with Gasteiger partial charge in [-0.1, -0.05) is 60.7 Å². The first-order valence-corrected chi connectivity index (χ1v) is 8.32. The highest BCUT2D eigenvalue weighted by Gasteiger charge is 2.20. The quantitative estimate of drug-likeness (QED) is 0.586. The second-order valence-electron chi connectivity index (χ2n) is 6.24. The third kappa shape index (κ3) is 4.24. The van der Waals surface area contributed by atoms with Crippen LogP contribution in [0.5, 0.6) is 0 Å². The molecule has 0 aliphatic rings. The molecule has 0 saturated heterocycles. The smallest absolute Gasteiger partial charge is 0.181 e. The zero-order valence-corrected chi connectivity index (χ0v) is 14.4. The van der Waals surface area contributed by atoms with E-state index in [1.807, 2.05) is 0 Å². The SMILES string of the molecule is CN(C)c1ccc([N+](Cc2ccccc2)Cc2ccccc2)cc1. The highest BCUT2D eigenvalue weighted by Crippen LogP contribution is 2.23. The molecule has 2 heteroatoms. The van der Waals surface area contributed by atoms with Gasteiger partial charge in [0, 0.05) is 43.0 Å². The van der Waals surface area contributed by atoms with Crippen molar-refractivity contribution in [3.8, 4) is 0 Å². The van der Waals surface area contributed by atoms with Gasteiger partial charge < -0.3 is 4.90 Å². The summed E-state index contributed by atoms with van der Waals surface area (Å²) in [5.74, 6) is 0. The number of benzene rings is 3. The van der Waals surface area contributed by atoms with Gasteiger partial charge in [0.25, 0.3) is 0 Å². The summed E-state index contributed by atoms with van der Waals surface area (Å²) in [6.45, 7) is 1.80. The van der Waals surface area contributed by atoms with Crippen LogP contribution in [0.4, 0.5) is 11.4 Å². The monoisotopic (exact) mass is 316 g/mol. The molecule has 121 valence electrons. The van der Waals surface area contributed by atoms with Crippen molar-refractivity contribution >= 4 is 11.4 Å². The highest BCUT2D eigenvalue weighted by molar-refractivity contribution is 5.52. The summed E-state index contributed by atoms with van der Waals surface area (Å²) in [5.41, 5.74) is 5.11. The Balaban J connectivity index is 1.86. The molecule has 0 fully saturated rings. The van der Waals surface area contributed by atoms with Crippen LogP contribution >= 0.6 is 0 Å². The molecule has 3 aromatic carbocycles. The highest BCUT2D eigenvalue weighted by atomic mass is 15.1. The molecule has 0 N–H and O–H groups in total. The zero-order valence-electron chi connectivity index (χ0n) is 14.4. The zero-order chi connectivity index (χ0) is 16.8. The number of rotatable bonds is 6. The largest absolute Gasteiger partial charge is 0.378 e. The fourth-order valence-corrected chi connectivity index (χ4v) is 2.81. The van der Waals surface area contributed by atoms with Gasteiger partial charge in [-0.2, -0.15) is 0 Å². The fraction of sp³-hybridized carbons (Fsp3) is 0.182. The van der Waals surface area contributed by atoms with Gasteiger partial charge in [-0.3, -0.25) is 0 Å². The maximum atomic E-state index is 2.42. The minimum atomic E-state index is 0.900. The number of hydrogen-bond donors (Lipinski definition) is 0. The van der Waals surface area contributed by atoms with Crippen LogP contribution in [-0.2, 0) is 13.1 Å². The summed E-state index contributed by atoms with van der Waals surface area (Å²) in [7, 11) is 4.14.